The van der Waals surface area contributed by atoms with Crippen molar-refractivity contribution in [2.24, 2.45) is 5.92 Å². The summed E-state index contributed by atoms with van der Waals surface area (Å²) in [5.74, 6) is 2.33. The van der Waals surface area contributed by atoms with Crippen LogP contribution in [-0.4, -0.2) is 12.2 Å². The van der Waals surface area contributed by atoms with Gasteiger partial charge in [-0.25, -0.2) is 4.79 Å². The van der Waals surface area contributed by atoms with Crippen molar-refractivity contribution >= 4 is 12.2 Å². The second kappa shape index (κ2) is 63.9. The highest BCUT2D eigenvalue weighted by molar-refractivity contribution is 5.44. The fourth-order valence-electron chi connectivity index (χ4n) is 1.77. The molecule has 27 heavy (non-hydrogen) atoms. The molecule has 1 fully saturated rings. The first-order valence-corrected chi connectivity index (χ1v) is 11.5. The van der Waals surface area contributed by atoms with Gasteiger partial charge < -0.3 is 4.79 Å². The van der Waals surface area contributed by atoms with Crippen LogP contribution >= 0.6 is 0 Å². The van der Waals surface area contributed by atoms with E-state index in [9.17, 15) is 0 Å². The van der Waals surface area contributed by atoms with Crippen molar-refractivity contribution in [2.75, 3.05) is 0 Å². The van der Waals surface area contributed by atoms with Crippen LogP contribution in [0.5, 0.6) is 0 Å². The maximum atomic E-state index is 8.81. The lowest BCUT2D eigenvalue weighted by molar-refractivity contribution is -0.106. The monoisotopic (exact) mass is 388 g/mol. The largest absolute Gasteiger partial charge is 0.304 e. The zero-order chi connectivity index (χ0) is 22.8. The Labute approximate surface area is 174 Å². The second-order valence-corrected chi connectivity index (χ2v) is 6.06. The molecular formula is C25H56O2. The Hall–Kier alpha value is -0.880. The van der Waals surface area contributed by atoms with Crippen LogP contribution in [0.25, 0.3) is 0 Å². The Morgan fingerprint density at radius 2 is 1.04 bits per heavy atom. The number of rotatable bonds is 2. The van der Waals surface area contributed by atoms with Gasteiger partial charge in [-0.15, -0.1) is 0 Å². The van der Waals surface area contributed by atoms with Crippen LogP contribution in [0, 0.1) is 5.92 Å². The lowest BCUT2D eigenvalue weighted by atomic mass is 9.98. The summed E-state index contributed by atoms with van der Waals surface area (Å²) in [5.41, 5.74) is 0. The SMILES string of the molecule is C=C=O.CC.CC=O.CCC.CCC.CCC1CCCCCC1.CCCC. The van der Waals surface area contributed by atoms with Crippen molar-refractivity contribution in [3.63, 3.8) is 0 Å². The molecule has 0 aromatic carbocycles. The number of carbonyl (C=O) groups is 1. The van der Waals surface area contributed by atoms with Gasteiger partial charge in [-0.1, -0.05) is 133 Å². The molecule has 2 nitrogen and oxygen atoms in total. The molecule has 0 aromatic rings. The van der Waals surface area contributed by atoms with E-state index in [1.54, 1.807) is 0 Å². The van der Waals surface area contributed by atoms with E-state index in [2.05, 4.69) is 55.0 Å². The number of hydrogen-bond donors (Lipinski definition) is 0. The van der Waals surface area contributed by atoms with Crippen LogP contribution in [-0.2, 0) is 9.59 Å². The van der Waals surface area contributed by atoms with Crippen molar-refractivity contribution in [1.29, 1.82) is 0 Å². The molecule has 1 saturated carbocycles. The third kappa shape index (κ3) is 109. The summed E-state index contributed by atoms with van der Waals surface area (Å²) in [5, 5.41) is 0. The van der Waals surface area contributed by atoms with Crippen LogP contribution in [0.1, 0.15) is 140 Å². The van der Waals surface area contributed by atoms with Gasteiger partial charge in [0.1, 0.15) is 12.2 Å². The first kappa shape index (κ1) is 40.7. The van der Waals surface area contributed by atoms with Crippen LogP contribution in [0.15, 0.2) is 6.58 Å². The molecular weight excluding hydrogens is 332 g/mol. The molecule has 0 amide bonds. The molecule has 0 saturated heterocycles. The molecule has 1 aliphatic rings. The van der Waals surface area contributed by atoms with Gasteiger partial charge in [0.25, 0.3) is 0 Å². The van der Waals surface area contributed by atoms with E-state index in [-0.39, 0.29) is 0 Å². The van der Waals surface area contributed by atoms with Gasteiger partial charge in [-0.2, -0.15) is 0 Å². The topological polar surface area (TPSA) is 34.1 Å². The van der Waals surface area contributed by atoms with E-state index in [4.69, 9.17) is 9.59 Å². The number of aldehydes is 1. The first-order chi connectivity index (χ1) is 13.0. The molecule has 0 heterocycles. The molecule has 0 unspecified atom stereocenters. The molecule has 0 radical (unpaired) electrons. The van der Waals surface area contributed by atoms with Crippen molar-refractivity contribution in [3.05, 3.63) is 6.58 Å². The molecule has 1 rings (SSSR count). The fraction of sp³-hybridized carbons (Fsp3) is 0.880. The van der Waals surface area contributed by atoms with Crippen molar-refractivity contribution in [1.82, 2.24) is 0 Å². The van der Waals surface area contributed by atoms with Crippen molar-refractivity contribution in [2.45, 2.75) is 140 Å². The number of unbranched alkanes of at least 4 members (excludes halogenated alkanes) is 1. The van der Waals surface area contributed by atoms with Crippen molar-refractivity contribution < 1.29 is 9.59 Å². The Bertz CT molecular complexity index is 194. The zero-order valence-corrected chi connectivity index (χ0v) is 21.0. The average molecular weight is 389 g/mol. The molecule has 2 heteroatoms. The highest BCUT2D eigenvalue weighted by atomic mass is 16.1. The smallest absolute Gasteiger partial charge is 0.116 e. The summed E-state index contributed by atoms with van der Waals surface area (Å²) in [6, 6.07) is 0. The van der Waals surface area contributed by atoms with Crippen LogP contribution in [0.2, 0.25) is 0 Å². The Kier molecular flexibility index (Phi) is 96.4. The van der Waals surface area contributed by atoms with E-state index in [0.717, 1.165) is 12.2 Å². The minimum atomic E-state index is 0.750. The molecule has 0 aromatic heterocycles. The Morgan fingerprint density at radius 3 is 1.19 bits per heavy atom. The van der Waals surface area contributed by atoms with E-state index < -0.39 is 0 Å². The predicted molar refractivity (Wildman–Crippen MR) is 128 cm³/mol. The van der Waals surface area contributed by atoms with E-state index in [1.807, 2.05) is 13.8 Å². The molecule has 1 aliphatic carbocycles. The third-order valence-corrected chi connectivity index (χ3v) is 3.05. The maximum Gasteiger partial charge on any atom is 0.116 e. The van der Waals surface area contributed by atoms with Gasteiger partial charge >= 0.3 is 0 Å². The average Bonchev–Trinajstić information content (AvgIpc) is 2.95. The van der Waals surface area contributed by atoms with Gasteiger partial charge in [-0.05, 0) is 19.4 Å². The number of hydrogen-bond acceptors (Lipinski definition) is 2. The lowest BCUT2D eigenvalue weighted by Gasteiger charge is -2.08. The quantitative estimate of drug-likeness (QED) is 0.268. The number of carbonyl (C=O) groups excluding carboxylic acids is 2. The molecule has 0 aliphatic heterocycles. The Balaban J connectivity index is -0.0000000527. The standard InChI is InChI=1S/C9H18.C4H10.2C3H8.C2H4O.C2H2O.C2H6/c1-2-9-7-5-3-4-6-8-9;1-3-4-2;2*1-3-2;2*1-2-3;1-2/h9H,2-8H2,1H3;3-4H2,1-2H3;2*3H2,1-2H3;2H,1H3;1H2;1-2H3. The highest BCUT2D eigenvalue weighted by Gasteiger charge is 2.08. The van der Waals surface area contributed by atoms with Gasteiger partial charge in [0.05, 0.1) is 0 Å². The molecule has 0 bridgehead atoms. The summed E-state index contributed by atoms with van der Waals surface area (Å²) >= 11 is 0. The van der Waals surface area contributed by atoms with Gasteiger partial charge in [0.2, 0.25) is 0 Å². The molecule has 0 N–H and O–H groups in total. The van der Waals surface area contributed by atoms with Crippen LogP contribution in [0.3, 0.4) is 0 Å². The summed E-state index contributed by atoms with van der Waals surface area (Å²) in [4.78, 5) is 17.4. The first-order valence-electron chi connectivity index (χ1n) is 11.5. The minimum absolute atomic E-state index is 0.750. The van der Waals surface area contributed by atoms with E-state index in [0.29, 0.717) is 0 Å². The molecule has 0 atom stereocenters. The normalized spacial score (nSPS) is 11.3. The fourth-order valence-corrected chi connectivity index (χ4v) is 1.77. The lowest BCUT2D eigenvalue weighted by Crippen LogP contribution is -1.94. The Morgan fingerprint density at radius 1 is 0.815 bits per heavy atom. The summed E-state index contributed by atoms with van der Waals surface area (Å²) in [7, 11) is 0. The summed E-state index contributed by atoms with van der Waals surface area (Å²) in [6.45, 7) is 23.3. The van der Waals surface area contributed by atoms with Gasteiger partial charge in [0.15, 0.2) is 0 Å². The van der Waals surface area contributed by atoms with Crippen LogP contribution in [0.4, 0.5) is 0 Å². The van der Waals surface area contributed by atoms with Gasteiger partial charge in [-0.3, -0.25) is 0 Å². The third-order valence-electron chi connectivity index (χ3n) is 3.05. The summed E-state index contributed by atoms with van der Waals surface area (Å²) < 4.78 is 0. The highest BCUT2D eigenvalue weighted by Crippen LogP contribution is 2.24. The predicted octanol–water partition coefficient (Wildman–Crippen LogP) is 9.24. The van der Waals surface area contributed by atoms with Crippen LogP contribution < -0.4 is 0 Å². The maximum absolute atomic E-state index is 8.81. The zero-order valence-electron chi connectivity index (χ0n) is 21.0. The summed E-state index contributed by atoms with van der Waals surface area (Å²) in [6.07, 6.45) is 16.3. The van der Waals surface area contributed by atoms with E-state index in [1.165, 1.54) is 83.5 Å². The molecule has 168 valence electrons. The second-order valence-electron chi connectivity index (χ2n) is 6.06. The minimum Gasteiger partial charge on any atom is -0.304 e. The molecule has 0 spiro atoms. The van der Waals surface area contributed by atoms with E-state index >= 15 is 0 Å². The van der Waals surface area contributed by atoms with Gasteiger partial charge in [0, 0.05) is 0 Å². The van der Waals surface area contributed by atoms with Crippen molar-refractivity contribution in [3.8, 4) is 0 Å².